The quantitative estimate of drug-likeness (QED) is 0.835. The van der Waals surface area contributed by atoms with E-state index in [4.69, 9.17) is 9.15 Å². The number of nitrogens with zero attached hydrogens (tertiary/aromatic N) is 2. The Morgan fingerprint density at radius 2 is 2.03 bits per heavy atom. The number of carbonyl (C=O) groups is 1. The zero-order valence-corrected chi connectivity index (χ0v) is 15.6. The molecule has 0 spiro atoms. The van der Waals surface area contributed by atoms with Gasteiger partial charge in [0.2, 0.25) is 0 Å². The second-order valence-electron chi connectivity index (χ2n) is 7.28. The van der Waals surface area contributed by atoms with E-state index in [1.807, 2.05) is 18.2 Å². The lowest BCUT2D eigenvalue weighted by molar-refractivity contribution is -0.297. The van der Waals surface area contributed by atoms with Crippen molar-refractivity contribution < 1.29 is 32.2 Å². The topological polar surface area (TPSA) is 75.3 Å². The lowest BCUT2D eigenvalue weighted by atomic mass is 10.1. The number of furan rings is 1. The Morgan fingerprint density at radius 3 is 2.79 bits per heavy atom. The van der Waals surface area contributed by atoms with E-state index in [1.54, 1.807) is 0 Å². The third-order valence-electron chi connectivity index (χ3n) is 5.09. The standard InChI is InChI=1S/C20H19F3N2O4/c1-12-10-19(27,20(21,22)23)25(24-12)18(26)17-8-7-16(29-17)11-28-15-6-5-13-3-2-4-14(13)9-15/h5-9,27H,2-4,10-11H2,1H3/t19-/m0/s1. The molecule has 2 aromatic rings. The monoisotopic (exact) mass is 408 g/mol. The molecule has 1 atom stereocenters. The smallest absolute Gasteiger partial charge is 0.438 e. The van der Waals surface area contributed by atoms with Crippen LogP contribution >= 0.6 is 0 Å². The number of alkyl halides is 3. The van der Waals surface area contributed by atoms with Crippen LogP contribution in [0.2, 0.25) is 0 Å². The van der Waals surface area contributed by atoms with E-state index in [-0.39, 0.29) is 28.8 Å². The number of hydrazone groups is 1. The molecule has 0 radical (unpaired) electrons. The van der Waals surface area contributed by atoms with Crippen molar-refractivity contribution in [2.45, 2.75) is 51.1 Å². The second kappa shape index (κ2) is 6.91. The number of carbonyl (C=O) groups excluding carboxylic acids is 1. The van der Waals surface area contributed by atoms with Gasteiger partial charge >= 0.3 is 12.1 Å². The maximum absolute atomic E-state index is 13.3. The van der Waals surface area contributed by atoms with E-state index in [0.717, 1.165) is 19.3 Å². The molecule has 1 aliphatic heterocycles. The Kier molecular flexibility index (Phi) is 4.65. The first-order chi connectivity index (χ1) is 13.7. The minimum Gasteiger partial charge on any atom is -0.486 e. The van der Waals surface area contributed by atoms with Crippen molar-refractivity contribution in [1.82, 2.24) is 5.01 Å². The summed E-state index contributed by atoms with van der Waals surface area (Å²) >= 11 is 0. The third kappa shape index (κ3) is 3.50. The number of rotatable bonds is 4. The highest BCUT2D eigenvalue weighted by atomic mass is 19.4. The summed E-state index contributed by atoms with van der Waals surface area (Å²) in [6.07, 6.45) is -2.69. The van der Waals surface area contributed by atoms with Crippen molar-refractivity contribution in [3.05, 3.63) is 53.0 Å². The van der Waals surface area contributed by atoms with Crippen LogP contribution in [-0.2, 0) is 19.4 Å². The van der Waals surface area contributed by atoms with E-state index in [9.17, 15) is 23.1 Å². The van der Waals surface area contributed by atoms with E-state index in [2.05, 4.69) is 5.10 Å². The van der Waals surface area contributed by atoms with Crippen LogP contribution in [0.15, 0.2) is 39.9 Å². The van der Waals surface area contributed by atoms with Crippen LogP contribution in [-0.4, -0.2) is 33.6 Å². The molecule has 0 saturated carbocycles. The van der Waals surface area contributed by atoms with Crippen LogP contribution in [0, 0.1) is 0 Å². The fourth-order valence-electron chi connectivity index (χ4n) is 3.62. The van der Waals surface area contributed by atoms with E-state index in [0.29, 0.717) is 5.75 Å². The number of ether oxygens (including phenoxy) is 1. The van der Waals surface area contributed by atoms with Gasteiger partial charge in [0.05, 0.1) is 0 Å². The lowest BCUT2D eigenvalue weighted by Crippen LogP contribution is -2.56. The summed E-state index contributed by atoms with van der Waals surface area (Å²) in [6, 6.07) is 8.51. The molecule has 9 heteroatoms. The molecule has 0 bridgehead atoms. The number of halogens is 3. The van der Waals surface area contributed by atoms with Gasteiger partial charge in [-0.3, -0.25) is 4.79 Å². The molecule has 154 valence electrons. The molecular formula is C20H19F3N2O4. The minimum atomic E-state index is -5.06. The summed E-state index contributed by atoms with van der Waals surface area (Å²) in [5.41, 5.74) is -0.847. The Bertz CT molecular complexity index is 982. The Labute approximate surface area is 164 Å². The molecule has 6 nitrogen and oxygen atoms in total. The molecule has 0 saturated heterocycles. The Hall–Kier alpha value is -2.81. The van der Waals surface area contributed by atoms with Gasteiger partial charge in [-0.15, -0.1) is 0 Å². The summed E-state index contributed by atoms with van der Waals surface area (Å²) in [7, 11) is 0. The Morgan fingerprint density at radius 1 is 1.28 bits per heavy atom. The van der Waals surface area contributed by atoms with Gasteiger partial charge in [-0.25, -0.2) is 0 Å². The largest absolute Gasteiger partial charge is 0.486 e. The van der Waals surface area contributed by atoms with Gasteiger partial charge in [-0.1, -0.05) is 6.07 Å². The van der Waals surface area contributed by atoms with Gasteiger partial charge in [-0.05, 0) is 61.6 Å². The summed E-state index contributed by atoms with van der Waals surface area (Å²) in [6.45, 7) is 1.32. The van der Waals surface area contributed by atoms with Crippen molar-refractivity contribution >= 4 is 11.6 Å². The van der Waals surface area contributed by atoms with E-state index < -0.39 is 24.2 Å². The lowest BCUT2D eigenvalue weighted by Gasteiger charge is -2.32. The molecule has 1 N–H and O–H groups in total. The zero-order chi connectivity index (χ0) is 20.8. The highest BCUT2D eigenvalue weighted by molar-refractivity contribution is 5.96. The number of fused-ring (bicyclic) bond motifs is 1. The summed E-state index contributed by atoms with van der Waals surface area (Å²) in [5.74, 6) is -0.616. The second-order valence-corrected chi connectivity index (χ2v) is 7.28. The highest BCUT2D eigenvalue weighted by Crippen LogP contribution is 2.41. The predicted molar refractivity (Wildman–Crippen MR) is 96.4 cm³/mol. The molecule has 0 unspecified atom stereocenters. The third-order valence-corrected chi connectivity index (χ3v) is 5.09. The van der Waals surface area contributed by atoms with Crippen molar-refractivity contribution in [3.8, 4) is 5.75 Å². The fourth-order valence-corrected chi connectivity index (χ4v) is 3.62. The van der Waals surface area contributed by atoms with Gasteiger partial charge in [0.25, 0.3) is 5.72 Å². The number of benzene rings is 1. The molecular weight excluding hydrogens is 389 g/mol. The van der Waals surface area contributed by atoms with Gasteiger partial charge in [0, 0.05) is 12.1 Å². The zero-order valence-electron chi connectivity index (χ0n) is 15.6. The summed E-state index contributed by atoms with van der Waals surface area (Å²) in [5, 5.41) is 13.6. The van der Waals surface area contributed by atoms with Crippen molar-refractivity contribution in [2.24, 2.45) is 5.10 Å². The Balaban J connectivity index is 1.46. The van der Waals surface area contributed by atoms with Crippen LogP contribution in [0.3, 0.4) is 0 Å². The van der Waals surface area contributed by atoms with Crippen LogP contribution in [0.25, 0.3) is 0 Å². The first-order valence-electron chi connectivity index (χ1n) is 9.18. The number of aliphatic hydroxyl groups is 1. The van der Waals surface area contributed by atoms with Crippen LogP contribution in [0.4, 0.5) is 13.2 Å². The highest BCUT2D eigenvalue weighted by Gasteiger charge is 2.63. The van der Waals surface area contributed by atoms with Crippen molar-refractivity contribution in [2.75, 3.05) is 0 Å². The number of aryl methyl sites for hydroxylation is 2. The maximum atomic E-state index is 13.3. The van der Waals surface area contributed by atoms with Gasteiger partial charge < -0.3 is 14.3 Å². The van der Waals surface area contributed by atoms with Crippen LogP contribution in [0.1, 0.15) is 47.2 Å². The molecule has 1 amide bonds. The summed E-state index contributed by atoms with van der Waals surface area (Å²) in [4.78, 5) is 12.5. The van der Waals surface area contributed by atoms with Crippen molar-refractivity contribution in [3.63, 3.8) is 0 Å². The normalized spacial score (nSPS) is 21.3. The molecule has 1 aromatic heterocycles. The predicted octanol–water partition coefficient (Wildman–Crippen LogP) is 3.82. The molecule has 29 heavy (non-hydrogen) atoms. The molecule has 1 aromatic carbocycles. The van der Waals surface area contributed by atoms with Crippen molar-refractivity contribution in [1.29, 1.82) is 0 Å². The maximum Gasteiger partial charge on any atom is 0.438 e. The number of hydrogen-bond acceptors (Lipinski definition) is 5. The number of hydrogen-bond donors (Lipinski definition) is 1. The average Bonchev–Trinajstić information content (AvgIpc) is 3.37. The molecule has 4 rings (SSSR count). The van der Waals surface area contributed by atoms with Crippen LogP contribution in [0.5, 0.6) is 5.75 Å². The fraction of sp³-hybridized carbons (Fsp3) is 0.400. The number of amides is 1. The molecule has 1 aliphatic carbocycles. The molecule has 2 aliphatic rings. The van der Waals surface area contributed by atoms with Gasteiger partial charge in [0.1, 0.15) is 18.1 Å². The van der Waals surface area contributed by atoms with Gasteiger partial charge in [0.15, 0.2) is 5.76 Å². The first kappa shape index (κ1) is 19.5. The average molecular weight is 408 g/mol. The SMILES string of the molecule is CC1=NN(C(=O)c2ccc(COc3ccc4c(c3)CCC4)o2)[C@@](O)(C(F)(F)F)C1. The molecule has 2 heterocycles. The first-order valence-corrected chi connectivity index (χ1v) is 9.18. The summed E-state index contributed by atoms with van der Waals surface area (Å²) < 4.78 is 50.9. The minimum absolute atomic E-state index is 0.00935. The molecule has 0 fully saturated rings. The van der Waals surface area contributed by atoms with E-state index in [1.165, 1.54) is 30.2 Å². The van der Waals surface area contributed by atoms with E-state index >= 15 is 0 Å². The van der Waals surface area contributed by atoms with Crippen LogP contribution < -0.4 is 4.74 Å². The van der Waals surface area contributed by atoms with Gasteiger partial charge in [-0.2, -0.15) is 23.3 Å².